The molecule has 1 heterocycles. The quantitative estimate of drug-likeness (QED) is 0.705. The number of aromatic amines is 1. The number of nitrogens with one attached hydrogen (secondary N) is 1. The third kappa shape index (κ3) is 2.57. The number of rotatable bonds is 5. The number of H-pyrrole nitrogens is 1. The van der Waals surface area contributed by atoms with Crippen molar-refractivity contribution in [3.63, 3.8) is 0 Å². The fraction of sp³-hybridized carbons (Fsp3) is 0.118. The summed E-state index contributed by atoms with van der Waals surface area (Å²) in [7, 11) is 0. The van der Waals surface area contributed by atoms with E-state index in [1.54, 1.807) is 4.90 Å². The molecule has 0 aliphatic carbocycles. The molecule has 1 N–H and O–H groups in total. The maximum Gasteiger partial charge on any atom is 0.210 e. The minimum atomic E-state index is 0.613. The first kappa shape index (κ1) is 12.5. The number of amides is 1. The molecule has 3 aromatic rings. The highest BCUT2D eigenvalue weighted by Crippen LogP contribution is 2.19. The minimum absolute atomic E-state index is 0.613. The van der Waals surface area contributed by atoms with Gasteiger partial charge in [-0.15, -0.1) is 0 Å². The lowest BCUT2D eigenvalue weighted by Crippen LogP contribution is -2.20. The van der Waals surface area contributed by atoms with Gasteiger partial charge in [0.1, 0.15) is 0 Å². The second-order valence-electron chi connectivity index (χ2n) is 4.86. The summed E-state index contributed by atoms with van der Waals surface area (Å²) >= 11 is 0. The van der Waals surface area contributed by atoms with Crippen molar-refractivity contribution in [1.82, 2.24) is 9.88 Å². The first-order chi connectivity index (χ1) is 9.86. The average Bonchev–Trinajstić information content (AvgIpc) is 2.91. The molecule has 3 nitrogen and oxygen atoms in total. The van der Waals surface area contributed by atoms with Crippen LogP contribution in [-0.4, -0.2) is 16.3 Å². The number of fused-ring (bicyclic) bond motifs is 1. The number of nitrogens with zero attached hydrogens (tertiary/aromatic N) is 1. The highest BCUT2D eigenvalue weighted by Gasteiger charge is 2.08. The van der Waals surface area contributed by atoms with Crippen LogP contribution in [0.2, 0.25) is 0 Å². The van der Waals surface area contributed by atoms with E-state index in [2.05, 4.69) is 11.1 Å². The third-order valence-electron chi connectivity index (χ3n) is 3.43. The summed E-state index contributed by atoms with van der Waals surface area (Å²) in [5.41, 5.74) is 3.39. The minimum Gasteiger partial charge on any atom is -0.361 e. The largest absolute Gasteiger partial charge is 0.361 e. The molecular formula is C17H16N2O. The van der Waals surface area contributed by atoms with Crippen LogP contribution in [0.15, 0.2) is 60.8 Å². The molecule has 0 bridgehead atoms. The molecule has 0 fully saturated rings. The van der Waals surface area contributed by atoms with E-state index in [9.17, 15) is 4.79 Å². The van der Waals surface area contributed by atoms with E-state index >= 15 is 0 Å². The maximum absolute atomic E-state index is 11.3. The molecule has 0 saturated carbocycles. The number of aromatic nitrogens is 1. The molecule has 1 aromatic heterocycles. The topological polar surface area (TPSA) is 36.1 Å². The van der Waals surface area contributed by atoms with E-state index < -0.39 is 0 Å². The molecular weight excluding hydrogens is 248 g/mol. The van der Waals surface area contributed by atoms with Crippen LogP contribution in [0.3, 0.4) is 0 Å². The van der Waals surface area contributed by atoms with Gasteiger partial charge < -0.3 is 9.88 Å². The predicted octanol–water partition coefficient (Wildman–Crippen LogP) is 3.33. The standard InChI is InChI=1S/C17H16N2O/c20-13-19(11-14-6-2-1-3-7-14)12-15-10-18-17-9-5-4-8-16(15)17/h1-10,13,18H,11-12H2. The Morgan fingerprint density at radius 2 is 1.70 bits per heavy atom. The molecule has 100 valence electrons. The van der Waals surface area contributed by atoms with Crippen molar-refractivity contribution in [2.75, 3.05) is 0 Å². The Hall–Kier alpha value is -2.55. The van der Waals surface area contributed by atoms with Gasteiger partial charge in [-0.2, -0.15) is 0 Å². The zero-order valence-electron chi connectivity index (χ0n) is 11.1. The Labute approximate surface area is 117 Å². The van der Waals surface area contributed by atoms with Gasteiger partial charge in [0.15, 0.2) is 0 Å². The van der Waals surface area contributed by atoms with Gasteiger partial charge in [0, 0.05) is 30.2 Å². The van der Waals surface area contributed by atoms with Gasteiger partial charge in [-0.1, -0.05) is 48.5 Å². The molecule has 1 amide bonds. The van der Waals surface area contributed by atoms with Crippen LogP contribution in [0.5, 0.6) is 0 Å². The van der Waals surface area contributed by atoms with E-state index in [0.717, 1.165) is 23.1 Å². The summed E-state index contributed by atoms with van der Waals surface area (Å²) in [5.74, 6) is 0. The number of hydrogen-bond acceptors (Lipinski definition) is 1. The molecule has 0 spiro atoms. The van der Waals surface area contributed by atoms with Crippen LogP contribution in [-0.2, 0) is 17.9 Å². The molecule has 0 saturated heterocycles. The first-order valence-corrected chi connectivity index (χ1v) is 6.65. The second-order valence-corrected chi connectivity index (χ2v) is 4.86. The van der Waals surface area contributed by atoms with Crippen molar-refractivity contribution < 1.29 is 4.79 Å². The number of carbonyl (C=O) groups excluding carboxylic acids is 1. The van der Waals surface area contributed by atoms with E-state index in [4.69, 9.17) is 0 Å². The maximum atomic E-state index is 11.3. The van der Waals surface area contributed by atoms with Crippen LogP contribution >= 0.6 is 0 Å². The Balaban J connectivity index is 1.79. The lowest BCUT2D eigenvalue weighted by Gasteiger charge is -2.17. The molecule has 3 rings (SSSR count). The zero-order valence-corrected chi connectivity index (χ0v) is 11.1. The lowest BCUT2D eigenvalue weighted by molar-refractivity contribution is -0.119. The van der Waals surface area contributed by atoms with Crippen molar-refractivity contribution in [2.45, 2.75) is 13.1 Å². The summed E-state index contributed by atoms with van der Waals surface area (Å²) in [6.45, 7) is 1.24. The van der Waals surface area contributed by atoms with Gasteiger partial charge in [0.2, 0.25) is 6.41 Å². The molecule has 0 unspecified atom stereocenters. The van der Waals surface area contributed by atoms with E-state index in [1.807, 2.05) is 54.7 Å². The molecule has 0 aliphatic heterocycles. The van der Waals surface area contributed by atoms with Crippen LogP contribution in [0, 0.1) is 0 Å². The SMILES string of the molecule is O=CN(Cc1ccccc1)Cc1c[nH]c2ccccc12. The second kappa shape index (κ2) is 5.61. The fourth-order valence-electron chi connectivity index (χ4n) is 2.43. The summed E-state index contributed by atoms with van der Waals surface area (Å²) < 4.78 is 0. The first-order valence-electron chi connectivity index (χ1n) is 6.65. The third-order valence-corrected chi connectivity index (χ3v) is 3.43. The summed E-state index contributed by atoms with van der Waals surface area (Å²) in [4.78, 5) is 16.3. The Morgan fingerprint density at radius 1 is 0.950 bits per heavy atom. The van der Waals surface area contributed by atoms with Gasteiger partial charge in [-0.3, -0.25) is 4.79 Å². The monoisotopic (exact) mass is 264 g/mol. The van der Waals surface area contributed by atoms with E-state index in [0.29, 0.717) is 13.1 Å². The van der Waals surface area contributed by atoms with Crippen LogP contribution in [0.4, 0.5) is 0 Å². The van der Waals surface area contributed by atoms with Crippen molar-refractivity contribution >= 4 is 17.3 Å². The van der Waals surface area contributed by atoms with Gasteiger partial charge in [-0.05, 0) is 17.2 Å². The van der Waals surface area contributed by atoms with Gasteiger partial charge >= 0.3 is 0 Å². The number of carbonyl (C=O) groups is 1. The summed E-state index contributed by atoms with van der Waals surface area (Å²) in [6, 6.07) is 18.2. The van der Waals surface area contributed by atoms with Crippen LogP contribution < -0.4 is 0 Å². The molecule has 0 aliphatic rings. The van der Waals surface area contributed by atoms with Crippen LogP contribution in [0.25, 0.3) is 10.9 Å². The Bertz CT molecular complexity index is 703. The van der Waals surface area contributed by atoms with Crippen LogP contribution in [0.1, 0.15) is 11.1 Å². The normalized spacial score (nSPS) is 10.6. The molecule has 2 aromatic carbocycles. The highest BCUT2D eigenvalue weighted by atomic mass is 16.1. The fourth-order valence-corrected chi connectivity index (χ4v) is 2.43. The van der Waals surface area contributed by atoms with Crippen molar-refractivity contribution in [1.29, 1.82) is 0 Å². The molecule has 0 atom stereocenters. The van der Waals surface area contributed by atoms with Crippen molar-refractivity contribution in [3.8, 4) is 0 Å². The number of hydrogen-bond donors (Lipinski definition) is 1. The summed E-state index contributed by atoms with van der Waals surface area (Å²) in [5, 5.41) is 1.17. The number of para-hydroxylation sites is 1. The molecule has 3 heteroatoms. The van der Waals surface area contributed by atoms with Gasteiger partial charge in [0.25, 0.3) is 0 Å². The molecule has 0 radical (unpaired) electrons. The lowest BCUT2D eigenvalue weighted by atomic mass is 10.1. The zero-order chi connectivity index (χ0) is 13.8. The van der Waals surface area contributed by atoms with Gasteiger partial charge in [-0.25, -0.2) is 0 Å². The Morgan fingerprint density at radius 3 is 2.50 bits per heavy atom. The summed E-state index contributed by atoms with van der Waals surface area (Å²) in [6.07, 6.45) is 2.89. The van der Waals surface area contributed by atoms with Crippen molar-refractivity contribution in [2.24, 2.45) is 0 Å². The van der Waals surface area contributed by atoms with Gasteiger partial charge in [0.05, 0.1) is 0 Å². The average molecular weight is 264 g/mol. The van der Waals surface area contributed by atoms with E-state index in [-0.39, 0.29) is 0 Å². The smallest absolute Gasteiger partial charge is 0.210 e. The van der Waals surface area contributed by atoms with E-state index in [1.165, 1.54) is 5.39 Å². The molecule has 20 heavy (non-hydrogen) atoms. The van der Waals surface area contributed by atoms with Crippen molar-refractivity contribution in [3.05, 3.63) is 71.9 Å². The predicted molar refractivity (Wildman–Crippen MR) is 80.1 cm³/mol. The Kier molecular flexibility index (Phi) is 3.50. The highest BCUT2D eigenvalue weighted by molar-refractivity contribution is 5.83. The number of benzene rings is 2.